The van der Waals surface area contributed by atoms with Crippen molar-refractivity contribution in [1.82, 2.24) is 0 Å². The van der Waals surface area contributed by atoms with Crippen LogP contribution >= 0.6 is 11.6 Å². The highest BCUT2D eigenvalue weighted by atomic mass is 35.5. The maximum absolute atomic E-state index is 12.5. The molecule has 0 bridgehead atoms. The van der Waals surface area contributed by atoms with Crippen molar-refractivity contribution in [2.75, 3.05) is 0 Å². The zero-order valence-electron chi connectivity index (χ0n) is 5.83. The molecule has 0 aliphatic carbocycles. The Hall–Kier alpha value is -1.29. The molecule has 64 valence electrons. The monoisotopic (exact) mass is 189 g/mol. The molecule has 0 heterocycles. The highest BCUT2D eigenvalue weighted by Crippen LogP contribution is 2.19. The second-order valence-corrected chi connectivity index (χ2v) is 2.41. The number of oxime groups is 1. The molecule has 0 atom stereocenters. The summed E-state index contributed by atoms with van der Waals surface area (Å²) in [4.78, 5) is 0. The van der Waals surface area contributed by atoms with Crippen LogP contribution in [0.1, 0.15) is 5.56 Å². The number of phenols is 1. The molecule has 0 radical (unpaired) electrons. The van der Waals surface area contributed by atoms with Crippen LogP contribution in [0.15, 0.2) is 23.4 Å². The fourth-order valence-corrected chi connectivity index (χ4v) is 0.879. The van der Waals surface area contributed by atoms with Crippen molar-refractivity contribution < 1.29 is 14.7 Å². The Bertz CT molecular complexity index is 327. The predicted octanol–water partition coefficient (Wildman–Crippen LogP) is 1.91. The van der Waals surface area contributed by atoms with E-state index in [1.807, 2.05) is 0 Å². The van der Waals surface area contributed by atoms with Gasteiger partial charge in [0, 0.05) is 0 Å². The third-order valence-electron chi connectivity index (χ3n) is 1.27. The molecule has 0 aliphatic rings. The Morgan fingerprint density at radius 3 is 2.75 bits per heavy atom. The standard InChI is InChI=1S/C7H5ClFNO2/c8-7(10-12)5-3-4(9)1-2-6(5)11/h1-3,11-12H. The van der Waals surface area contributed by atoms with Crippen molar-refractivity contribution in [3.05, 3.63) is 29.6 Å². The maximum Gasteiger partial charge on any atom is 0.179 e. The van der Waals surface area contributed by atoms with Crippen molar-refractivity contribution in [3.63, 3.8) is 0 Å². The number of benzene rings is 1. The Balaban J connectivity index is 3.23. The minimum absolute atomic E-state index is 0.0424. The van der Waals surface area contributed by atoms with Gasteiger partial charge in [-0.3, -0.25) is 0 Å². The van der Waals surface area contributed by atoms with Crippen molar-refractivity contribution in [2.45, 2.75) is 0 Å². The van der Waals surface area contributed by atoms with Gasteiger partial charge in [0.1, 0.15) is 11.6 Å². The minimum atomic E-state index is -0.565. The summed E-state index contributed by atoms with van der Waals surface area (Å²) in [5, 5.41) is 19.6. The van der Waals surface area contributed by atoms with E-state index in [-0.39, 0.29) is 16.5 Å². The predicted molar refractivity (Wildman–Crippen MR) is 42.2 cm³/mol. The molecule has 12 heavy (non-hydrogen) atoms. The molecule has 0 unspecified atom stereocenters. The second-order valence-electron chi connectivity index (χ2n) is 2.05. The molecule has 1 aromatic rings. The summed E-state index contributed by atoms with van der Waals surface area (Å²) >= 11 is 5.34. The number of aromatic hydroxyl groups is 1. The van der Waals surface area contributed by atoms with E-state index in [0.29, 0.717) is 0 Å². The lowest BCUT2D eigenvalue weighted by Gasteiger charge is -1.99. The largest absolute Gasteiger partial charge is 0.507 e. The van der Waals surface area contributed by atoms with Gasteiger partial charge in [0.05, 0.1) is 5.56 Å². The summed E-state index contributed by atoms with van der Waals surface area (Å²) < 4.78 is 12.5. The topological polar surface area (TPSA) is 52.8 Å². The Morgan fingerprint density at radius 2 is 2.17 bits per heavy atom. The normalized spacial score (nSPS) is 11.7. The Kier molecular flexibility index (Phi) is 2.50. The van der Waals surface area contributed by atoms with Gasteiger partial charge in [0.15, 0.2) is 5.17 Å². The van der Waals surface area contributed by atoms with Crippen molar-refractivity contribution in [1.29, 1.82) is 0 Å². The van der Waals surface area contributed by atoms with Crippen LogP contribution in [0.3, 0.4) is 0 Å². The summed E-state index contributed by atoms with van der Waals surface area (Å²) in [5.74, 6) is -0.802. The van der Waals surface area contributed by atoms with Gasteiger partial charge in [0.25, 0.3) is 0 Å². The maximum atomic E-state index is 12.5. The molecule has 1 rings (SSSR count). The van der Waals surface area contributed by atoms with Gasteiger partial charge < -0.3 is 10.3 Å². The molecule has 5 heteroatoms. The Morgan fingerprint density at radius 1 is 1.50 bits per heavy atom. The van der Waals surface area contributed by atoms with E-state index in [9.17, 15) is 4.39 Å². The van der Waals surface area contributed by atoms with Gasteiger partial charge in [0.2, 0.25) is 0 Å². The van der Waals surface area contributed by atoms with E-state index in [2.05, 4.69) is 5.16 Å². The van der Waals surface area contributed by atoms with Gasteiger partial charge in [-0.05, 0) is 18.2 Å². The zero-order valence-corrected chi connectivity index (χ0v) is 6.59. The van der Waals surface area contributed by atoms with Crippen molar-refractivity contribution >= 4 is 16.8 Å². The number of nitrogens with zero attached hydrogens (tertiary/aromatic N) is 1. The first-order valence-corrected chi connectivity index (χ1v) is 3.39. The second kappa shape index (κ2) is 3.40. The van der Waals surface area contributed by atoms with Gasteiger partial charge in [-0.1, -0.05) is 16.8 Å². The van der Waals surface area contributed by atoms with Crippen LogP contribution < -0.4 is 0 Å². The number of rotatable bonds is 1. The van der Waals surface area contributed by atoms with Crippen LogP contribution in [0.5, 0.6) is 5.75 Å². The van der Waals surface area contributed by atoms with E-state index in [1.165, 1.54) is 0 Å². The van der Waals surface area contributed by atoms with Crippen LogP contribution in [0.4, 0.5) is 4.39 Å². The van der Waals surface area contributed by atoms with Crippen LogP contribution in [-0.2, 0) is 0 Å². The summed E-state index contributed by atoms with van der Waals surface area (Å²) in [5.41, 5.74) is -0.0424. The minimum Gasteiger partial charge on any atom is -0.507 e. The molecule has 0 aliphatic heterocycles. The van der Waals surface area contributed by atoms with Crippen molar-refractivity contribution in [2.24, 2.45) is 5.16 Å². The molecule has 0 spiro atoms. The van der Waals surface area contributed by atoms with Crippen molar-refractivity contribution in [3.8, 4) is 5.75 Å². The zero-order chi connectivity index (χ0) is 9.14. The summed E-state index contributed by atoms with van der Waals surface area (Å²) in [6.07, 6.45) is 0. The molecule has 1 aromatic carbocycles. The average molecular weight is 190 g/mol. The number of halogens is 2. The molecule has 3 nitrogen and oxygen atoms in total. The molecular weight excluding hydrogens is 185 g/mol. The molecular formula is C7H5ClFNO2. The first kappa shape index (κ1) is 8.80. The highest BCUT2D eigenvalue weighted by molar-refractivity contribution is 6.69. The third-order valence-corrected chi connectivity index (χ3v) is 1.55. The lowest BCUT2D eigenvalue weighted by atomic mass is 10.2. The van der Waals surface area contributed by atoms with Crippen LogP contribution in [-0.4, -0.2) is 15.5 Å². The molecule has 0 aromatic heterocycles. The number of hydrogen-bond donors (Lipinski definition) is 2. The van der Waals surface area contributed by atoms with E-state index < -0.39 is 5.82 Å². The van der Waals surface area contributed by atoms with E-state index in [0.717, 1.165) is 18.2 Å². The first-order valence-electron chi connectivity index (χ1n) is 3.01. The molecule has 0 fully saturated rings. The molecule has 0 amide bonds. The van der Waals surface area contributed by atoms with Gasteiger partial charge in [-0.25, -0.2) is 4.39 Å². The van der Waals surface area contributed by atoms with Crippen LogP contribution in [0.25, 0.3) is 0 Å². The van der Waals surface area contributed by atoms with E-state index in [4.69, 9.17) is 21.9 Å². The van der Waals surface area contributed by atoms with Gasteiger partial charge in [-0.15, -0.1) is 0 Å². The first-order chi connectivity index (χ1) is 5.65. The quantitative estimate of drug-likeness (QED) is 0.403. The lowest BCUT2D eigenvalue weighted by molar-refractivity contribution is 0.320. The van der Waals surface area contributed by atoms with E-state index >= 15 is 0 Å². The van der Waals surface area contributed by atoms with Crippen LogP contribution in [0, 0.1) is 5.82 Å². The fraction of sp³-hybridized carbons (Fsp3) is 0. The Labute approximate surface area is 72.7 Å². The third kappa shape index (κ3) is 1.65. The lowest BCUT2D eigenvalue weighted by Crippen LogP contribution is -1.92. The highest BCUT2D eigenvalue weighted by Gasteiger charge is 2.07. The number of phenolic OH excluding ortho intramolecular Hbond substituents is 1. The molecule has 0 saturated heterocycles. The summed E-state index contributed by atoms with van der Waals surface area (Å²) in [7, 11) is 0. The fourth-order valence-electron chi connectivity index (χ4n) is 0.727. The number of hydrogen-bond acceptors (Lipinski definition) is 3. The summed E-state index contributed by atoms with van der Waals surface area (Å²) in [6, 6.07) is 3.16. The molecule has 2 N–H and O–H groups in total. The smallest absolute Gasteiger partial charge is 0.179 e. The van der Waals surface area contributed by atoms with E-state index in [1.54, 1.807) is 0 Å². The summed E-state index contributed by atoms with van der Waals surface area (Å²) in [6.45, 7) is 0. The van der Waals surface area contributed by atoms with Gasteiger partial charge >= 0.3 is 0 Å². The average Bonchev–Trinajstić information content (AvgIpc) is 2.08. The van der Waals surface area contributed by atoms with Gasteiger partial charge in [-0.2, -0.15) is 0 Å². The SMILES string of the molecule is ON=C(Cl)c1cc(F)ccc1O. The molecule has 0 saturated carbocycles. The van der Waals surface area contributed by atoms with Crippen LogP contribution in [0.2, 0.25) is 0 Å².